The van der Waals surface area contributed by atoms with E-state index in [-0.39, 0.29) is 16.7 Å². The summed E-state index contributed by atoms with van der Waals surface area (Å²) in [6.07, 6.45) is 0.720. The predicted molar refractivity (Wildman–Crippen MR) is 98.8 cm³/mol. The van der Waals surface area contributed by atoms with Gasteiger partial charge in [0.05, 0.1) is 4.90 Å². The van der Waals surface area contributed by atoms with Crippen molar-refractivity contribution in [2.45, 2.75) is 25.2 Å². The van der Waals surface area contributed by atoms with Crippen molar-refractivity contribution in [1.82, 2.24) is 5.32 Å². The van der Waals surface area contributed by atoms with Crippen molar-refractivity contribution in [3.8, 4) is 0 Å². The number of anilines is 2. The Balaban J connectivity index is 1.89. The fourth-order valence-corrected chi connectivity index (χ4v) is 4.19. The number of carbonyl (C=O) groups is 2. The molecule has 0 aromatic heterocycles. The highest BCUT2D eigenvalue weighted by molar-refractivity contribution is 7.92. The van der Waals surface area contributed by atoms with Gasteiger partial charge in [-0.15, -0.1) is 0 Å². The lowest BCUT2D eigenvalue weighted by Crippen LogP contribution is -2.31. The highest BCUT2D eigenvalue weighted by Crippen LogP contribution is 2.24. The zero-order chi connectivity index (χ0) is 18.9. The topological polar surface area (TPSA) is 104 Å². The van der Waals surface area contributed by atoms with Crippen molar-refractivity contribution < 1.29 is 18.0 Å². The maximum atomic E-state index is 12.7. The molecule has 3 rings (SSSR count). The molecular formula is C18H19N3O4S. The first kappa shape index (κ1) is 17.9. The van der Waals surface area contributed by atoms with Gasteiger partial charge in [0.15, 0.2) is 0 Å². The maximum Gasteiger partial charge on any atom is 0.262 e. The van der Waals surface area contributed by atoms with E-state index < -0.39 is 10.0 Å². The molecule has 136 valence electrons. The number of sulfonamides is 1. The van der Waals surface area contributed by atoms with Crippen LogP contribution in [0.4, 0.5) is 11.4 Å². The van der Waals surface area contributed by atoms with Crippen LogP contribution in [-0.4, -0.2) is 26.8 Å². The van der Waals surface area contributed by atoms with Crippen molar-refractivity contribution in [2.24, 2.45) is 0 Å². The van der Waals surface area contributed by atoms with Gasteiger partial charge in [0.2, 0.25) is 5.91 Å². The number of amides is 2. The monoisotopic (exact) mass is 373 g/mol. The molecule has 1 aliphatic rings. The molecule has 2 aromatic rings. The molecule has 7 nitrogen and oxygen atoms in total. The van der Waals surface area contributed by atoms with Gasteiger partial charge in [-0.2, -0.15) is 0 Å². The quantitative estimate of drug-likeness (QED) is 0.763. The van der Waals surface area contributed by atoms with Crippen LogP contribution in [0.1, 0.15) is 28.4 Å². The van der Waals surface area contributed by atoms with Gasteiger partial charge >= 0.3 is 0 Å². The number of carbonyl (C=O) groups excluding carboxylic acids is 2. The Hall–Kier alpha value is -2.87. The first-order valence-corrected chi connectivity index (χ1v) is 9.57. The summed E-state index contributed by atoms with van der Waals surface area (Å²) in [6.45, 7) is 3.62. The molecule has 3 N–H and O–H groups in total. The van der Waals surface area contributed by atoms with Gasteiger partial charge in [0.25, 0.3) is 15.9 Å². The summed E-state index contributed by atoms with van der Waals surface area (Å²) in [5.74, 6) is -0.436. The van der Waals surface area contributed by atoms with Gasteiger partial charge in [0, 0.05) is 30.4 Å². The molecule has 0 bridgehead atoms. The first-order valence-electron chi connectivity index (χ1n) is 8.08. The molecule has 2 amide bonds. The fraction of sp³-hybridized carbons (Fsp3) is 0.222. The van der Waals surface area contributed by atoms with Crippen molar-refractivity contribution in [3.05, 3.63) is 53.1 Å². The van der Waals surface area contributed by atoms with Crippen LogP contribution in [0.25, 0.3) is 0 Å². The lowest BCUT2D eigenvalue weighted by molar-refractivity contribution is -0.114. The van der Waals surface area contributed by atoms with E-state index in [9.17, 15) is 18.0 Å². The molecule has 8 heteroatoms. The van der Waals surface area contributed by atoms with Crippen LogP contribution >= 0.6 is 0 Å². The minimum Gasteiger partial charge on any atom is -0.352 e. The standard InChI is InChI=1S/C18H19N3O4S/c1-11-9-14(20-12(2)22)5-6-17(11)26(24,25)21-15-4-3-13-7-8-19-18(23)16(13)10-15/h3-6,9-10,21H,7-8H2,1-2H3,(H,19,23)(H,20,22). The van der Waals surface area contributed by atoms with Gasteiger partial charge in [0.1, 0.15) is 0 Å². The van der Waals surface area contributed by atoms with Crippen molar-refractivity contribution >= 4 is 33.2 Å². The molecule has 0 spiro atoms. The zero-order valence-corrected chi connectivity index (χ0v) is 15.2. The second-order valence-electron chi connectivity index (χ2n) is 6.14. The van der Waals surface area contributed by atoms with Crippen molar-refractivity contribution in [1.29, 1.82) is 0 Å². The summed E-state index contributed by atoms with van der Waals surface area (Å²) in [7, 11) is -3.83. The second-order valence-corrected chi connectivity index (χ2v) is 7.80. The van der Waals surface area contributed by atoms with Crippen LogP contribution in [0.5, 0.6) is 0 Å². The predicted octanol–water partition coefficient (Wildman–Crippen LogP) is 2.04. The summed E-state index contributed by atoms with van der Waals surface area (Å²) in [4.78, 5) is 23.2. The van der Waals surface area contributed by atoms with E-state index in [4.69, 9.17) is 0 Å². The molecule has 0 radical (unpaired) electrons. The van der Waals surface area contributed by atoms with E-state index in [0.29, 0.717) is 29.0 Å². The van der Waals surface area contributed by atoms with E-state index in [0.717, 1.165) is 12.0 Å². The number of hydrogen-bond donors (Lipinski definition) is 3. The van der Waals surface area contributed by atoms with Gasteiger partial charge in [-0.25, -0.2) is 8.42 Å². The van der Waals surface area contributed by atoms with Crippen LogP contribution < -0.4 is 15.4 Å². The summed E-state index contributed by atoms with van der Waals surface area (Å²) in [5.41, 5.74) is 2.73. The molecule has 0 saturated heterocycles. The van der Waals surface area contributed by atoms with Crippen molar-refractivity contribution in [3.63, 3.8) is 0 Å². The number of hydrogen-bond acceptors (Lipinski definition) is 4. The third-order valence-electron chi connectivity index (χ3n) is 4.07. The van der Waals surface area contributed by atoms with E-state index in [2.05, 4.69) is 15.4 Å². The third-order valence-corrected chi connectivity index (χ3v) is 5.61. The summed E-state index contributed by atoms with van der Waals surface area (Å²) >= 11 is 0. The van der Waals surface area contributed by atoms with Crippen LogP contribution in [0.15, 0.2) is 41.3 Å². The van der Waals surface area contributed by atoms with Gasteiger partial charge < -0.3 is 10.6 Å². The van der Waals surface area contributed by atoms with Crippen LogP contribution in [0.2, 0.25) is 0 Å². The molecule has 0 fully saturated rings. The number of rotatable bonds is 4. The highest BCUT2D eigenvalue weighted by atomic mass is 32.2. The third kappa shape index (κ3) is 3.70. The lowest BCUT2D eigenvalue weighted by Gasteiger charge is -2.18. The number of benzene rings is 2. The van der Waals surface area contributed by atoms with Crippen LogP contribution in [-0.2, 0) is 21.2 Å². The molecule has 0 atom stereocenters. The Labute approximate surface area is 151 Å². The Kier molecular flexibility index (Phi) is 4.69. The second kappa shape index (κ2) is 6.80. The normalized spacial score (nSPS) is 13.5. The highest BCUT2D eigenvalue weighted by Gasteiger charge is 2.20. The van der Waals surface area contributed by atoms with Crippen LogP contribution in [0, 0.1) is 6.92 Å². The van der Waals surface area contributed by atoms with Crippen LogP contribution in [0.3, 0.4) is 0 Å². The summed E-state index contributed by atoms with van der Waals surface area (Å²) in [5, 5.41) is 5.35. The SMILES string of the molecule is CC(=O)Nc1ccc(S(=O)(=O)Nc2ccc3c(c2)C(=O)NCC3)c(C)c1. The Morgan fingerprint density at radius 3 is 2.54 bits per heavy atom. The van der Waals surface area contributed by atoms with E-state index in [1.54, 1.807) is 31.2 Å². The average Bonchev–Trinajstić information content (AvgIpc) is 2.54. The molecule has 26 heavy (non-hydrogen) atoms. The van der Waals surface area contributed by atoms with E-state index >= 15 is 0 Å². The van der Waals surface area contributed by atoms with Crippen molar-refractivity contribution in [2.75, 3.05) is 16.6 Å². The van der Waals surface area contributed by atoms with Gasteiger partial charge in [-0.05, 0) is 54.8 Å². The minimum atomic E-state index is -3.83. The number of nitrogens with one attached hydrogen (secondary N) is 3. The van der Waals surface area contributed by atoms with E-state index in [1.807, 2.05) is 0 Å². The maximum absolute atomic E-state index is 12.7. The lowest BCUT2D eigenvalue weighted by atomic mass is 10.00. The molecular weight excluding hydrogens is 354 g/mol. The minimum absolute atomic E-state index is 0.105. The number of aryl methyl sites for hydroxylation is 1. The smallest absolute Gasteiger partial charge is 0.262 e. The Bertz CT molecular complexity index is 999. The molecule has 0 saturated carbocycles. The summed E-state index contributed by atoms with van der Waals surface area (Å²) < 4.78 is 27.9. The fourth-order valence-electron chi connectivity index (χ4n) is 2.92. The van der Waals surface area contributed by atoms with E-state index in [1.165, 1.54) is 19.1 Å². The summed E-state index contributed by atoms with van der Waals surface area (Å²) in [6, 6.07) is 9.52. The Morgan fingerprint density at radius 2 is 1.85 bits per heavy atom. The zero-order valence-electron chi connectivity index (χ0n) is 14.4. The molecule has 0 aliphatic carbocycles. The Morgan fingerprint density at radius 1 is 1.12 bits per heavy atom. The molecule has 1 aliphatic heterocycles. The first-order chi connectivity index (χ1) is 12.3. The van der Waals surface area contributed by atoms with Gasteiger partial charge in [-0.3, -0.25) is 14.3 Å². The largest absolute Gasteiger partial charge is 0.352 e. The molecule has 1 heterocycles. The molecule has 0 unspecified atom stereocenters. The number of fused-ring (bicyclic) bond motifs is 1. The average molecular weight is 373 g/mol. The molecule has 2 aromatic carbocycles. The van der Waals surface area contributed by atoms with Gasteiger partial charge in [-0.1, -0.05) is 6.07 Å².